The lowest BCUT2D eigenvalue weighted by atomic mass is 9.90. The van der Waals surface area contributed by atoms with E-state index in [1.54, 1.807) is 11.3 Å². The van der Waals surface area contributed by atoms with Gasteiger partial charge in [0.25, 0.3) is 5.91 Å². The SMILES string of the molecule is Nc1c(C(=O)Nc2ccc(Br)cc2)sc2nc3c(c(-c4cccs4)c12)CCCC3. The van der Waals surface area contributed by atoms with Crippen molar-refractivity contribution >= 4 is 66.1 Å². The van der Waals surface area contributed by atoms with Crippen molar-refractivity contribution in [1.29, 1.82) is 0 Å². The van der Waals surface area contributed by atoms with Gasteiger partial charge in [0.15, 0.2) is 0 Å². The van der Waals surface area contributed by atoms with Crippen LogP contribution in [0.5, 0.6) is 0 Å². The van der Waals surface area contributed by atoms with Gasteiger partial charge in [0.05, 0.1) is 5.69 Å². The van der Waals surface area contributed by atoms with Crippen LogP contribution in [-0.2, 0) is 12.8 Å². The Hall–Kier alpha value is -2.22. The molecule has 29 heavy (non-hydrogen) atoms. The molecule has 5 rings (SSSR count). The third-order valence-electron chi connectivity index (χ3n) is 5.23. The highest BCUT2D eigenvalue weighted by molar-refractivity contribution is 9.10. The molecule has 0 fully saturated rings. The van der Waals surface area contributed by atoms with Gasteiger partial charge in [0.2, 0.25) is 0 Å². The zero-order chi connectivity index (χ0) is 20.0. The monoisotopic (exact) mass is 483 g/mol. The number of amides is 1. The highest BCUT2D eigenvalue weighted by Crippen LogP contribution is 2.45. The van der Waals surface area contributed by atoms with Gasteiger partial charge in [-0.15, -0.1) is 22.7 Å². The molecule has 1 aromatic carbocycles. The van der Waals surface area contributed by atoms with Crippen molar-refractivity contribution in [1.82, 2.24) is 4.98 Å². The van der Waals surface area contributed by atoms with E-state index in [1.807, 2.05) is 24.3 Å². The first-order valence-electron chi connectivity index (χ1n) is 9.46. The number of benzene rings is 1. The van der Waals surface area contributed by atoms with Crippen LogP contribution in [0.3, 0.4) is 0 Å². The number of carbonyl (C=O) groups excluding carboxylic acids is 1. The van der Waals surface area contributed by atoms with Crippen LogP contribution in [0.15, 0.2) is 46.3 Å². The molecule has 4 nitrogen and oxygen atoms in total. The number of hydrogen-bond acceptors (Lipinski definition) is 5. The molecule has 4 aromatic rings. The molecule has 0 unspecified atom stereocenters. The number of thiophene rings is 2. The van der Waals surface area contributed by atoms with Gasteiger partial charge in [-0.05, 0) is 67.0 Å². The molecule has 0 bridgehead atoms. The third kappa shape index (κ3) is 3.37. The Labute approximate surface area is 184 Å². The molecular formula is C22H18BrN3OS2. The fourth-order valence-corrected chi connectivity index (χ4v) is 5.98. The minimum Gasteiger partial charge on any atom is -0.397 e. The maximum Gasteiger partial charge on any atom is 0.267 e. The van der Waals surface area contributed by atoms with Crippen LogP contribution in [0.4, 0.5) is 11.4 Å². The molecule has 0 saturated carbocycles. The van der Waals surface area contributed by atoms with E-state index in [0.717, 1.165) is 45.3 Å². The summed E-state index contributed by atoms with van der Waals surface area (Å²) >= 11 is 6.51. The van der Waals surface area contributed by atoms with Crippen LogP contribution in [0.25, 0.3) is 20.7 Å². The number of carbonyl (C=O) groups is 1. The average Bonchev–Trinajstić information content (AvgIpc) is 3.37. The summed E-state index contributed by atoms with van der Waals surface area (Å²) in [7, 11) is 0. The Morgan fingerprint density at radius 3 is 2.69 bits per heavy atom. The average molecular weight is 484 g/mol. The molecule has 0 aliphatic heterocycles. The van der Waals surface area contributed by atoms with Crippen molar-refractivity contribution in [3.05, 3.63) is 62.4 Å². The Morgan fingerprint density at radius 1 is 1.14 bits per heavy atom. The van der Waals surface area contributed by atoms with Crippen molar-refractivity contribution in [2.45, 2.75) is 25.7 Å². The van der Waals surface area contributed by atoms with Crippen LogP contribution in [-0.4, -0.2) is 10.9 Å². The molecule has 0 atom stereocenters. The van der Waals surface area contributed by atoms with Crippen molar-refractivity contribution in [2.24, 2.45) is 0 Å². The highest BCUT2D eigenvalue weighted by atomic mass is 79.9. The fraction of sp³-hybridized carbons (Fsp3) is 0.182. The van der Waals surface area contributed by atoms with Gasteiger partial charge in [-0.25, -0.2) is 4.98 Å². The normalized spacial score (nSPS) is 13.4. The second-order valence-electron chi connectivity index (χ2n) is 7.08. The number of nitrogen functional groups attached to an aromatic ring is 1. The van der Waals surface area contributed by atoms with E-state index in [1.165, 1.54) is 33.8 Å². The maximum atomic E-state index is 13.0. The predicted molar refractivity (Wildman–Crippen MR) is 126 cm³/mol. The zero-order valence-electron chi connectivity index (χ0n) is 15.5. The lowest BCUT2D eigenvalue weighted by molar-refractivity contribution is 0.103. The molecule has 0 saturated heterocycles. The van der Waals surface area contributed by atoms with Gasteiger partial charge >= 0.3 is 0 Å². The number of nitrogens with two attached hydrogens (primary N) is 1. The number of rotatable bonds is 3. The molecule has 1 aliphatic rings. The Morgan fingerprint density at radius 2 is 1.93 bits per heavy atom. The first kappa shape index (κ1) is 18.8. The zero-order valence-corrected chi connectivity index (χ0v) is 18.7. The number of halogens is 1. The molecule has 3 heterocycles. The summed E-state index contributed by atoms with van der Waals surface area (Å²) in [4.78, 5) is 20.5. The van der Waals surface area contributed by atoms with Crippen LogP contribution < -0.4 is 11.1 Å². The number of fused-ring (bicyclic) bond motifs is 2. The number of aryl methyl sites for hydroxylation is 1. The van der Waals surface area contributed by atoms with Gasteiger partial charge in [0, 0.05) is 31.7 Å². The summed E-state index contributed by atoms with van der Waals surface area (Å²) in [6, 6.07) is 11.7. The summed E-state index contributed by atoms with van der Waals surface area (Å²) < 4.78 is 0.965. The second kappa shape index (κ2) is 7.55. The van der Waals surface area contributed by atoms with E-state index in [0.29, 0.717) is 10.6 Å². The summed E-state index contributed by atoms with van der Waals surface area (Å²) in [6.07, 6.45) is 4.33. The molecule has 0 spiro atoms. The predicted octanol–water partition coefficient (Wildman–Crippen LogP) is 6.50. The lowest BCUT2D eigenvalue weighted by Crippen LogP contribution is -2.12. The van der Waals surface area contributed by atoms with Gasteiger partial charge in [0.1, 0.15) is 9.71 Å². The molecular weight excluding hydrogens is 466 g/mol. The Bertz CT molecular complexity index is 1210. The van der Waals surface area contributed by atoms with E-state index in [4.69, 9.17) is 10.7 Å². The molecule has 7 heteroatoms. The minimum absolute atomic E-state index is 0.192. The summed E-state index contributed by atoms with van der Waals surface area (Å²) in [5.74, 6) is -0.192. The van der Waals surface area contributed by atoms with Gasteiger partial charge in [-0.2, -0.15) is 0 Å². The standard InChI is InChI=1S/C22H18BrN3OS2/c23-12-7-9-13(10-8-12)25-21(27)20-19(24)18-17(16-6-3-11-28-16)14-4-1-2-5-15(14)26-22(18)29-20/h3,6-11H,1-2,4-5,24H2,(H,25,27). The molecule has 1 aliphatic carbocycles. The van der Waals surface area contributed by atoms with E-state index in [9.17, 15) is 4.79 Å². The summed E-state index contributed by atoms with van der Waals surface area (Å²) in [5.41, 5.74) is 11.5. The smallest absolute Gasteiger partial charge is 0.267 e. The summed E-state index contributed by atoms with van der Waals surface area (Å²) in [6.45, 7) is 0. The molecule has 1 amide bonds. The highest BCUT2D eigenvalue weighted by Gasteiger charge is 2.26. The first-order valence-corrected chi connectivity index (χ1v) is 12.0. The van der Waals surface area contributed by atoms with E-state index in [2.05, 4.69) is 38.8 Å². The first-order chi connectivity index (χ1) is 14.1. The van der Waals surface area contributed by atoms with Gasteiger partial charge < -0.3 is 11.1 Å². The molecule has 146 valence electrons. The van der Waals surface area contributed by atoms with Crippen molar-refractivity contribution in [3.63, 3.8) is 0 Å². The fourth-order valence-electron chi connectivity index (χ4n) is 3.89. The van der Waals surface area contributed by atoms with Crippen LogP contribution in [0.2, 0.25) is 0 Å². The van der Waals surface area contributed by atoms with Crippen LogP contribution in [0.1, 0.15) is 33.8 Å². The molecule has 3 N–H and O–H groups in total. The second-order valence-corrected chi connectivity index (χ2v) is 9.94. The number of nitrogens with one attached hydrogen (secondary N) is 1. The number of aromatic nitrogens is 1. The molecule has 0 radical (unpaired) electrons. The van der Waals surface area contributed by atoms with Crippen molar-refractivity contribution in [3.8, 4) is 10.4 Å². The Kier molecular flexibility index (Phi) is 4.89. The number of nitrogens with zero attached hydrogens (tertiary/aromatic N) is 1. The largest absolute Gasteiger partial charge is 0.397 e. The quantitative estimate of drug-likeness (QED) is 0.349. The Balaban J connectivity index is 1.65. The van der Waals surface area contributed by atoms with E-state index in [-0.39, 0.29) is 5.91 Å². The minimum atomic E-state index is -0.192. The van der Waals surface area contributed by atoms with Crippen molar-refractivity contribution in [2.75, 3.05) is 11.1 Å². The van der Waals surface area contributed by atoms with Crippen LogP contribution in [0, 0.1) is 0 Å². The lowest BCUT2D eigenvalue weighted by Gasteiger charge is -2.19. The third-order valence-corrected chi connectivity index (χ3v) is 7.74. The number of hydrogen-bond donors (Lipinski definition) is 2. The van der Waals surface area contributed by atoms with Crippen molar-refractivity contribution < 1.29 is 4.79 Å². The van der Waals surface area contributed by atoms with E-state index < -0.39 is 0 Å². The van der Waals surface area contributed by atoms with Gasteiger partial charge in [-0.3, -0.25) is 4.79 Å². The number of anilines is 2. The molecule has 3 aromatic heterocycles. The van der Waals surface area contributed by atoms with E-state index >= 15 is 0 Å². The maximum absolute atomic E-state index is 13.0. The van der Waals surface area contributed by atoms with Gasteiger partial charge in [-0.1, -0.05) is 22.0 Å². The topological polar surface area (TPSA) is 68.0 Å². The summed E-state index contributed by atoms with van der Waals surface area (Å²) in [5, 5.41) is 5.97. The number of pyridine rings is 1. The van der Waals surface area contributed by atoms with Crippen LogP contribution >= 0.6 is 38.6 Å².